The van der Waals surface area contributed by atoms with Gasteiger partial charge in [-0.1, -0.05) is 11.8 Å². The number of ether oxygens (including phenoxy) is 4. The van der Waals surface area contributed by atoms with Gasteiger partial charge in [0.05, 0.1) is 50.2 Å². The number of imidazole rings is 1. The molecule has 0 spiro atoms. The third-order valence-electron chi connectivity index (χ3n) is 5.88. The van der Waals surface area contributed by atoms with E-state index < -0.39 is 10.0 Å². The lowest BCUT2D eigenvalue weighted by Gasteiger charge is -2.17. The second kappa shape index (κ2) is 10.4. The zero-order chi connectivity index (χ0) is 27.7. The van der Waals surface area contributed by atoms with E-state index in [4.69, 9.17) is 18.9 Å². The Kier molecular flexibility index (Phi) is 6.97. The van der Waals surface area contributed by atoms with Crippen molar-refractivity contribution in [3.8, 4) is 28.7 Å². The van der Waals surface area contributed by atoms with Gasteiger partial charge in [-0.25, -0.2) is 23.4 Å². The summed E-state index contributed by atoms with van der Waals surface area (Å²) in [7, 11) is 1.70. The molecule has 2 heterocycles. The minimum absolute atomic E-state index is 0.0500. The molecule has 39 heavy (non-hydrogen) atoms. The first-order valence-corrected chi connectivity index (χ1v) is 13.6. The van der Waals surface area contributed by atoms with Gasteiger partial charge in [0, 0.05) is 16.8 Å². The molecule has 3 aromatic carbocycles. The van der Waals surface area contributed by atoms with Crippen molar-refractivity contribution in [3.05, 3.63) is 49.1 Å². The van der Waals surface area contributed by atoms with Crippen molar-refractivity contribution in [2.24, 2.45) is 0 Å². The van der Waals surface area contributed by atoms with Gasteiger partial charge in [-0.2, -0.15) is 0 Å². The summed E-state index contributed by atoms with van der Waals surface area (Å²) in [5.41, 5.74) is 1.21. The number of fused-ring (bicyclic) bond motifs is 2. The van der Waals surface area contributed by atoms with E-state index in [1.807, 2.05) is 0 Å². The highest BCUT2D eigenvalue weighted by Gasteiger charge is 2.23. The predicted molar refractivity (Wildman–Crippen MR) is 145 cm³/mol. The molecule has 0 amide bonds. The molecule has 0 saturated carbocycles. The zero-order valence-electron chi connectivity index (χ0n) is 21.2. The van der Waals surface area contributed by atoms with Crippen molar-refractivity contribution in [1.82, 2.24) is 19.9 Å². The Morgan fingerprint density at radius 3 is 2.21 bits per heavy atom. The molecular weight excluding hydrogens is 546 g/mol. The lowest BCUT2D eigenvalue weighted by atomic mass is 10.1. The number of methoxy groups -OCH3 is 4. The molecule has 0 aliphatic carbocycles. The van der Waals surface area contributed by atoms with Crippen molar-refractivity contribution in [3.63, 3.8) is 0 Å². The molecule has 0 unspecified atom stereocenters. The van der Waals surface area contributed by atoms with Gasteiger partial charge in [0.1, 0.15) is 22.6 Å². The molecule has 0 saturated heterocycles. The number of anilines is 1. The summed E-state index contributed by atoms with van der Waals surface area (Å²) in [6.45, 7) is 0. The van der Waals surface area contributed by atoms with Crippen LogP contribution >= 0.6 is 11.8 Å². The molecule has 0 fully saturated rings. The maximum absolute atomic E-state index is 13.5. The third-order valence-corrected chi connectivity index (χ3v) is 8.28. The summed E-state index contributed by atoms with van der Waals surface area (Å²) in [6.07, 6.45) is 2.85. The van der Waals surface area contributed by atoms with E-state index in [1.165, 1.54) is 65.4 Å². The SMILES string of the molecule is COc1ccc(S(=O)(=O)Nc2cc(Sc3ncnc4nc[nH]c34)c(O)c3cc(OC)c(OC)cc23)cc1OC. The van der Waals surface area contributed by atoms with Crippen LogP contribution in [-0.2, 0) is 10.0 Å². The summed E-state index contributed by atoms with van der Waals surface area (Å²) in [6, 6.07) is 8.96. The van der Waals surface area contributed by atoms with Gasteiger partial charge in [0.15, 0.2) is 28.6 Å². The number of hydrogen-bond donors (Lipinski definition) is 3. The Labute approximate surface area is 227 Å². The van der Waals surface area contributed by atoms with E-state index in [0.717, 1.165) is 11.8 Å². The summed E-state index contributed by atoms with van der Waals surface area (Å²) in [5.74, 6) is 1.25. The van der Waals surface area contributed by atoms with Crippen molar-refractivity contribution < 1.29 is 32.5 Å². The fraction of sp³-hybridized carbons (Fsp3) is 0.160. The number of phenols is 1. The third kappa shape index (κ3) is 4.79. The Morgan fingerprint density at radius 1 is 0.846 bits per heavy atom. The molecule has 0 aliphatic heterocycles. The number of benzene rings is 3. The number of H-pyrrole nitrogens is 1. The van der Waals surface area contributed by atoms with Gasteiger partial charge < -0.3 is 29.0 Å². The highest BCUT2D eigenvalue weighted by molar-refractivity contribution is 7.99. The number of aromatic amines is 1. The van der Waals surface area contributed by atoms with Crippen LogP contribution in [0.1, 0.15) is 0 Å². The molecule has 0 aliphatic rings. The standard InChI is InChI=1S/C25H23N5O7S2/c1-34-17-6-5-13(7-18(17)35-2)39(32,33)30-16-10-21(38-25-22-24(27-11-26-22)28-12-29-25)23(31)15-9-20(37-4)19(36-3)8-14(15)16/h5-12,30-31H,1-4H3,(H,26,27,28,29). The summed E-state index contributed by atoms with van der Waals surface area (Å²) < 4.78 is 51.0. The van der Waals surface area contributed by atoms with Crippen LogP contribution in [0.15, 0.2) is 63.9 Å². The molecule has 0 bridgehead atoms. The van der Waals surface area contributed by atoms with Crippen LogP contribution in [0.3, 0.4) is 0 Å². The number of rotatable bonds is 9. The van der Waals surface area contributed by atoms with Crippen molar-refractivity contribution in [1.29, 1.82) is 0 Å². The molecule has 2 aromatic heterocycles. The lowest BCUT2D eigenvalue weighted by molar-refractivity contribution is 0.354. The van der Waals surface area contributed by atoms with Crippen LogP contribution < -0.4 is 23.7 Å². The van der Waals surface area contributed by atoms with E-state index >= 15 is 0 Å². The molecule has 14 heteroatoms. The molecule has 5 rings (SSSR count). The number of hydrogen-bond acceptors (Lipinski definition) is 11. The van der Waals surface area contributed by atoms with Gasteiger partial charge in [0.2, 0.25) is 0 Å². The van der Waals surface area contributed by atoms with E-state index in [1.54, 1.807) is 12.1 Å². The van der Waals surface area contributed by atoms with Gasteiger partial charge in [-0.3, -0.25) is 4.72 Å². The fourth-order valence-electron chi connectivity index (χ4n) is 3.98. The van der Waals surface area contributed by atoms with Crippen LogP contribution in [0, 0.1) is 0 Å². The highest BCUT2D eigenvalue weighted by atomic mass is 32.2. The molecule has 5 aromatic rings. The average Bonchev–Trinajstić information content (AvgIpc) is 3.44. The lowest BCUT2D eigenvalue weighted by Crippen LogP contribution is -2.13. The summed E-state index contributed by atoms with van der Waals surface area (Å²) in [5, 5.41) is 12.5. The monoisotopic (exact) mass is 569 g/mol. The van der Waals surface area contributed by atoms with E-state index in [0.29, 0.717) is 49.1 Å². The second-order valence-corrected chi connectivity index (χ2v) is 10.7. The normalized spacial score (nSPS) is 11.5. The molecule has 12 nitrogen and oxygen atoms in total. The Balaban J connectivity index is 1.68. The molecule has 0 radical (unpaired) electrons. The van der Waals surface area contributed by atoms with Crippen molar-refractivity contribution >= 4 is 49.4 Å². The summed E-state index contributed by atoms with van der Waals surface area (Å²) in [4.78, 5) is 15.8. The Bertz CT molecular complexity index is 1810. The van der Waals surface area contributed by atoms with E-state index in [-0.39, 0.29) is 22.1 Å². The van der Waals surface area contributed by atoms with Gasteiger partial charge in [0.25, 0.3) is 10.0 Å². The van der Waals surface area contributed by atoms with Crippen LogP contribution in [-0.4, -0.2) is 61.9 Å². The van der Waals surface area contributed by atoms with Crippen molar-refractivity contribution in [2.75, 3.05) is 33.2 Å². The first-order chi connectivity index (χ1) is 18.8. The first kappa shape index (κ1) is 26.2. The van der Waals surface area contributed by atoms with Gasteiger partial charge in [-0.05, 0) is 30.3 Å². The Hall–Kier alpha value is -4.43. The second-order valence-electron chi connectivity index (χ2n) is 8.03. The number of aromatic nitrogens is 4. The van der Waals surface area contributed by atoms with Gasteiger partial charge >= 0.3 is 0 Å². The maximum atomic E-state index is 13.5. The maximum Gasteiger partial charge on any atom is 0.262 e. The predicted octanol–water partition coefficient (Wildman–Crippen LogP) is 4.20. The van der Waals surface area contributed by atoms with Crippen LogP contribution in [0.2, 0.25) is 0 Å². The van der Waals surface area contributed by atoms with Gasteiger partial charge in [-0.15, -0.1) is 0 Å². The average molecular weight is 570 g/mol. The number of nitrogens with one attached hydrogen (secondary N) is 2. The number of phenolic OH excluding ortho intramolecular Hbond substituents is 1. The smallest absolute Gasteiger partial charge is 0.262 e. The van der Waals surface area contributed by atoms with E-state index in [2.05, 4.69) is 24.7 Å². The van der Waals surface area contributed by atoms with E-state index in [9.17, 15) is 13.5 Å². The summed E-state index contributed by atoms with van der Waals surface area (Å²) >= 11 is 1.12. The zero-order valence-corrected chi connectivity index (χ0v) is 22.8. The minimum atomic E-state index is -4.12. The first-order valence-electron chi connectivity index (χ1n) is 11.3. The number of aromatic hydroxyl groups is 1. The van der Waals surface area contributed by atoms with Crippen LogP contribution in [0.5, 0.6) is 28.7 Å². The number of sulfonamides is 1. The Morgan fingerprint density at radius 2 is 1.51 bits per heavy atom. The van der Waals surface area contributed by atoms with Crippen molar-refractivity contribution in [2.45, 2.75) is 14.8 Å². The number of nitrogens with zero attached hydrogens (tertiary/aromatic N) is 3. The minimum Gasteiger partial charge on any atom is -0.506 e. The molecular formula is C25H23N5O7S2. The molecule has 3 N–H and O–H groups in total. The van der Waals surface area contributed by atoms with Crippen LogP contribution in [0.4, 0.5) is 5.69 Å². The largest absolute Gasteiger partial charge is 0.506 e. The highest BCUT2D eigenvalue weighted by Crippen LogP contribution is 2.46. The molecule has 202 valence electrons. The molecule has 0 atom stereocenters. The van der Waals surface area contributed by atoms with Crippen LogP contribution in [0.25, 0.3) is 21.9 Å². The fourth-order valence-corrected chi connectivity index (χ4v) is 6.01. The quantitative estimate of drug-likeness (QED) is 0.173. The topological polar surface area (TPSA) is 158 Å².